The summed E-state index contributed by atoms with van der Waals surface area (Å²) in [4.78, 5) is 40.0. The van der Waals surface area contributed by atoms with Crippen LogP contribution in [-0.4, -0.2) is 46.5 Å². The zero-order chi connectivity index (χ0) is 43.1. The maximum absolute atomic E-state index is 11.7. The van der Waals surface area contributed by atoms with E-state index in [0.717, 1.165) is 65.9 Å². The lowest BCUT2D eigenvalue weighted by molar-refractivity contribution is -0.636. The predicted molar refractivity (Wildman–Crippen MR) is 221 cm³/mol. The summed E-state index contributed by atoms with van der Waals surface area (Å²) in [7, 11) is 3.13. The van der Waals surface area contributed by atoms with E-state index in [1.165, 1.54) is 0 Å². The first-order valence-electron chi connectivity index (χ1n) is 17.9. The summed E-state index contributed by atoms with van der Waals surface area (Å²) in [5.41, 5.74) is 8.38. The summed E-state index contributed by atoms with van der Waals surface area (Å²) >= 11 is 0. The smallest absolute Gasteiger partial charge is 0.335 e. The molecule has 0 bridgehead atoms. The fraction of sp³-hybridized carbons (Fsp3) is 0.0909. The van der Waals surface area contributed by atoms with Gasteiger partial charge < -0.3 is 50.3 Å². The van der Waals surface area contributed by atoms with Gasteiger partial charge in [-0.1, -0.05) is 48.5 Å². The Morgan fingerprint density at radius 3 is 1.02 bits per heavy atom. The second-order valence-corrected chi connectivity index (χ2v) is 13.1. The molecule has 0 radical (unpaired) electrons. The Morgan fingerprint density at radius 1 is 0.500 bits per heavy atom. The minimum Gasteiger partial charge on any atom is -0.496 e. The molecule has 6 aromatic carbocycles. The largest absolute Gasteiger partial charge is 0.496 e. The van der Waals surface area contributed by atoms with E-state index in [1.54, 1.807) is 38.5 Å². The molecular weight excluding hydrogens is 777 g/mol. The van der Waals surface area contributed by atoms with E-state index in [9.17, 15) is 19.8 Å². The quantitative estimate of drug-likeness (QED) is 0.0622. The second-order valence-electron chi connectivity index (χ2n) is 13.1. The van der Waals surface area contributed by atoms with Crippen molar-refractivity contribution in [2.24, 2.45) is 0 Å². The standard InChI is InChI=1S/C44H32N2O6.2NO3/c1-51-39-23-27(43(47)48)19-21-29(39)25-45-35-15-7-3-11-31(35)41(32-12-4-8-16-36(32)45)42-33-13-5-9-17-37(33)46(38-18-10-6-14-34(38)42)26-30-22-20-28(44(49)50)24-40(30)52-2;2*2-1(3)4/h3-24H,25-26H2,1-2H3;;/q;2*-1/p+2. The number of methoxy groups -OCH3 is 2. The second kappa shape index (κ2) is 17.8. The Kier molecular flexibility index (Phi) is 12.2. The van der Waals surface area contributed by atoms with E-state index < -0.39 is 22.1 Å². The van der Waals surface area contributed by atoms with Crippen LogP contribution >= 0.6 is 0 Å². The van der Waals surface area contributed by atoms with Crippen molar-refractivity contribution in [2.75, 3.05) is 14.2 Å². The van der Waals surface area contributed by atoms with Crippen molar-refractivity contribution < 1.29 is 48.6 Å². The van der Waals surface area contributed by atoms with Gasteiger partial charge in [0.25, 0.3) is 0 Å². The number of carbonyl (C=O) groups is 2. The number of hydrogen-bond acceptors (Lipinski definition) is 10. The number of carboxylic acid groups (broad SMARTS) is 2. The molecule has 16 nitrogen and oxygen atoms in total. The first-order chi connectivity index (χ1) is 28.8. The number of para-hydroxylation sites is 4. The highest BCUT2D eigenvalue weighted by atomic mass is 16.9. The molecule has 0 fully saturated rings. The molecule has 0 spiro atoms. The van der Waals surface area contributed by atoms with Crippen LogP contribution in [-0.2, 0) is 13.1 Å². The third-order valence-electron chi connectivity index (χ3n) is 9.83. The number of benzene rings is 6. The lowest BCUT2D eigenvalue weighted by Gasteiger charge is -2.17. The maximum Gasteiger partial charge on any atom is 0.335 e. The third kappa shape index (κ3) is 8.47. The van der Waals surface area contributed by atoms with Gasteiger partial charge in [0.05, 0.1) is 68.2 Å². The number of aromatic nitrogens is 2. The van der Waals surface area contributed by atoms with Gasteiger partial charge in [0.1, 0.15) is 11.5 Å². The molecule has 2 N–H and O–H groups in total. The highest BCUT2D eigenvalue weighted by molar-refractivity contribution is 6.18. The van der Waals surface area contributed by atoms with Crippen molar-refractivity contribution in [1.29, 1.82) is 0 Å². The lowest BCUT2D eigenvalue weighted by atomic mass is 9.90. The molecule has 2 heterocycles. The number of rotatable bonds is 9. The number of fused-ring (bicyclic) bond motifs is 4. The van der Waals surface area contributed by atoms with Crippen molar-refractivity contribution in [3.63, 3.8) is 0 Å². The van der Waals surface area contributed by atoms with Gasteiger partial charge in [0.15, 0.2) is 13.1 Å². The predicted octanol–water partition coefficient (Wildman–Crippen LogP) is 7.57. The van der Waals surface area contributed by atoms with E-state index in [1.807, 2.05) is 36.4 Å². The molecule has 8 aromatic rings. The normalized spacial score (nSPS) is 10.6. The fourth-order valence-electron chi connectivity index (χ4n) is 7.47. The summed E-state index contributed by atoms with van der Waals surface area (Å²) in [5.74, 6) is -0.972. The monoisotopic (exact) mass is 810 g/mol. The molecule has 0 saturated heterocycles. The molecule has 0 aliphatic heterocycles. The molecule has 0 aliphatic carbocycles. The van der Waals surface area contributed by atoms with Gasteiger partial charge in [0, 0.05) is 35.4 Å². The zero-order valence-electron chi connectivity index (χ0n) is 31.9. The molecule has 0 saturated carbocycles. The lowest BCUT2D eigenvalue weighted by Crippen LogP contribution is -2.37. The van der Waals surface area contributed by atoms with E-state index >= 15 is 0 Å². The molecule has 0 unspecified atom stereocenters. The highest BCUT2D eigenvalue weighted by Crippen LogP contribution is 2.41. The summed E-state index contributed by atoms with van der Waals surface area (Å²) < 4.78 is 15.9. The summed E-state index contributed by atoms with van der Waals surface area (Å²) in [6, 6.07) is 43.6. The Bertz CT molecular complexity index is 2650. The van der Waals surface area contributed by atoms with E-state index in [-0.39, 0.29) is 11.1 Å². The van der Waals surface area contributed by atoms with Crippen molar-refractivity contribution in [3.8, 4) is 22.6 Å². The molecule has 0 atom stereocenters. The Balaban J connectivity index is 0.000000695. The van der Waals surface area contributed by atoms with Gasteiger partial charge >= 0.3 is 11.9 Å². The summed E-state index contributed by atoms with van der Waals surface area (Å²) in [6.07, 6.45) is 0. The first kappa shape index (κ1) is 41.2. The fourth-order valence-corrected chi connectivity index (χ4v) is 7.47. The number of hydrogen-bond donors (Lipinski definition) is 2. The van der Waals surface area contributed by atoms with Crippen molar-refractivity contribution in [3.05, 3.63) is 186 Å². The molecule has 0 aliphatic rings. The average Bonchev–Trinajstić information content (AvgIpc) is 3.23. The van der Waals surface area contributed by atoms with Crippen molar-refractivity contribution in [2.45, 2.75) is 13.1 Å². The molecule has 0 amide bonds. The van der Waals surface area contributed by atoms with Crippen LogP contribution in [0.25, 0.3) is 54.7 Å². The third-order valence-corrected chi connectivity index (χ3v) is 9.83. The first-order valence-corrected chi connectivity index (χ1v) is 17.9. The van der Waals surface area contributed by atoms with Crippen LogP contribution in [0.4, 0.5) is 0 Å². The van der Waals surface area contributed by atoms with Crippen LogP contribution in [0, 0.1) is 30.6 Å². The van der Waals surface area contributed by atoms with Crippen molar-refractivity contribution in [1.82, 2.24) is 0 Å². The topological polar surface area (TPSA) is 233 Å². The van der Waals surface area contributed by atoms with Gasteiger partial charge in [-0.25, -0.2) is 9.59 Å². The van der Waals surface area contributed by atoms with Crippen LogP contribution in [0.3, 0.4) is 0 Å². The Labute approximate surface area is 339 Å². The van der Waals surface area contributed by atoms with Crippen LogP contribution < -0.4 is 18.6 Å². The molecular formula is C44H34N4O12. The molecule has 302 valence electrons. The number of aromatic carboxylic acids is 2. The van der Waals surface area contributed by atoms with Gasteiger partial charge in [-0.15, -0.1) is 0 Å². The van der Waals surface area contributed by atoms with E-state index in [4.69, 9.17) is 40.1 Å². The molecule has 16 heteroatoms. The summed E-state index contributed by atoms with van der Waals surface area (Å²) in [6.45, 7) is 0.923. The van der Waals surface area contributed by atoms with Gasteiger partial charge in [0.2, 0.25) is 22.1 Å². The van der Waals surface area contributed by atoms with Crippen LogP contribution in [0.2, 0.25) is 0 Å². The highest BCUT2D eigenvalue weighted by Gasteiger charge is 2.28. The van der Waals surface area contributed by atoms with Crippen LogP contribution in [0.15, 0.2) is 133 Å². The van der Waals surface area contributed by atoms with E-state index in [0.29, 0.717) is 24.6 Å². The minimum atomic E-state index is -1.75. The van der Waals surface area contributed by atoms with Crippen LogP contribution in [0.5, 0.6) is 11.5 Å². The van der Waals surface area contributed by atoms with Gasteiger partial charge in [-0.3, -0.25) is 0 Å². The molecule has 60 heavy (non-hydrogen) atoms. The SMILES string of the molecule is COc1cc(C(=O)O)ccc1C[n+]1c2ccccc2c(-c2c3ccccc3[n+](Cc3ccc(C(=O)O)cc3OC)c3ccccc23)c2ccccc21.O=[N+]([O-])[O-].O=[N+]([O-])[O-]. The van der Waals surface area contributed by atoms with Crippen LogP contribution in [0.1, 0.15) is 31.8 Å². The number of nitrogens with zero attached hydrogens (tertiary/aromatic N) is 4. The zero-order valence-corrected chi connectivity index (χ0v) is 31.9. The maximum atomic E-state index is 11.7. The molecule has 8 rings (SSSR count). The summed E-state index contributed by atoms with van der Waals surface area (Å²) in [5, 5.41) is 53.0. The molecule has 2 aromatic heterocycles. The Morgan fingerprint density at radius 2 is 0.767 bits per heavy atom. The van der Waals surface area contributed by atoms with Crippen molar-refractivity contribution >= 4 is 55.6 Å². The van der Waals surface area contributed by atoms with Gasteiger partial charge in [-0.2, -0.15) is 9.13 Å². The van der Waals surface area contributed by atoms with Gasteiger partial charge in [-0.05, 0) is 60.7 Å². The average molecular weight is 811 g/mol. The minimum absolute atomic E-state index is 0.173. The number of ether oxygens (including phenoxy) is 2. The number of pyridine rings is 2. The van der Waals surface area contributed by atoms with E-state index in [2.05, 4.69) is 81.9 Å². The Hall–Kier alpha value is -8.40. The number of carboxylic acids is 2.